The van der Waals surface area contributed by atoms with Crippen LogP contribution in [0.5, 0.6) is 0 Å². The smallest absolute Gasteiger partial charge is 0.329 e. The third-order valence-electron chi connectivity index (χ3n) is 5.04. The average molecular weight is 426 g/mol. The number of carbonyl (C=O) groups excluding carboxylic acids is 2. The largest absolute Gasteiger partial charge is 0.338 e. The topological polar surface area (TPSA) is 46.6 Å². The molecule has 0 aliphatic heterocycles. The van der Waals surface area contributed by atoms with Crippen molar-refractivity contribution in [3.63, 3.8) is 0 Å². The Kier molecular flexibility index (Phi) is 6.77. The van der Waals surface area contributed by atoms with Crippen molar-refractivity contribution < 1.29 is 18.8 Å². The Hall–Kier alpha value is -2.86. The predicted molar refractivity (Wildman–Crippen MR) is 119 cm³/mol. The highest BCUT2D eigenvalue weighted by Gasteiger charge is 2.25. The molecule has 2 aromatic carbocycles. The number of hydrogen-bond donors (Lipinski definition) is 0. The Morgan fingerprint density at radius 3 is 2.40 bits per heavy atom. The number of allylic oxidation sites excluding steroid dienone is 2. The number of halogens is 1. The first-order chi connectivity index (χ1) is 14.3. The lowest BCUT2D eigenvalue weighted by Crippen LogP contribution is -2.31. The van der Waals surface area contributed by atoms with Crippen LogP contribution < -0.4 is 0 Å². The maximum Gasteiger partial charge on any atom is 0.329 e. The van der Waals surface area contributed by atoms with E-state index in [4.69, 9.17) is 4.84 Å². The van der Waals surface area contributed by atoms with E-state index in [1.807, 2.05) is 13.2 Å². The molecule has 156 valence electrons. The number of hydrogen-bond acceptors (Lipinski definition) is 4. The van der Waals surface area contributed by atoms with Crippen molar-refractivity contribution in [3.8, 4) is 0 Å². The van der Waals surface area contributed by atoms with Gasteiger partial charge >= 0.3 is 5.97 Å². The zero-order chi connectivity index (χ0) is 21.8. The molecule has 0 unspecified atom stereocenters. The maximum atomic E-state index is 14.0. The SMILES string of the molecule is CSc1ccc(/C=C2/C(C)=C(CCN(OC(C)=O)C(C)=O)c3cc(F)ccc32)cc1. The van der Waals surface area contributed by atoms with E-state index in [2.05, 4.69) is 30.3 Å². The van der Waals surface area contributed by atoms with Gasteiger partial charge in [-0.1, -0.05) is 18.2 Å². The molecular formula is C24H24FNO3S. The van der Waals surface area contributed by atoms with Crippen molar-refractivity contribution >= 4 is 40.9 Å². The summed E-state index contributed by atoms with van der Waals surface area (Å²) in [7, 11) is 0. The zero-order valence-electron chi connectivity index (χ0n) is 17.5. The zero-order valence-corrected chi connectivity index (χ0v) is 18.3. The van der Waals surface area contributed by atoms with E-state index in [-0.39, 0.29) is 18.3 Å². The molecule has 0 spiro atoms. The van der Waals surface area contributed by atoms with Gasteiger partial charge in [0.25, 0.3) is 5.91 Å². The first-order valence-corrected chi connectivity index (χ1v) is 10.9. The summed E-state index contributed by atoms with van der Waals surface area (Å²) >= 11 is 1.69. The number of rotatable bonds is 5. The van der Waals surface area contributed by atoms with Gasteiger partial charge in [0.05, 0.1) is 6.54 Å². The Morgan fingerprint density at radius 1 is 1.10 bits per heavy atom. The van der Waals surface area contributed by atoms with Gasteiger partial charge < -0.3 is 4.84 Å². The van der Waals surface area contributed by atoms with Crippen LogP contribution in [0.25, 0.3) is 17.2 Å². The molecule has 6 heteroatoms. The molecule has 0 aromatic heterocycles. The van der Waals surface area contributed by atoms with E-state index >= 15 is 0 Å². The first-order valence-electron chi connectivity index (χ1n) is 9.63. The third-order valence-corrected chi connectivity index (χ3v) is 5.78. The van der Waals surface area contributed by atoms with Gasteiger partial charge in [-0.2, -0.15) is 5.06 Å². The van der Waals surface area contributed by atoms with Gasteiger partial charge in [-0.25, -0.2) is 4.39 Å². The van der Waals surface area contributed by atoms with Crippen molar-refractivity contribution in [2.45, 2.75) is 32.1 Å². The first kappa shape index (κ1) is 21.8. The number of fused-ring (bicyclic) bond motifs is 1. The molecule has 30 heavy (non-hydrogen) atoms. The van der Waals surface area contributed by atoms with Crippen LogP contribution in [0.4, 0.5) is 4.39 Å². The molecule has 0 N–H and O–H groups in total. The average Bonchev–Trinajstić information content (AvgIpc) is 2.96. The molecule has 1 aliphatic carbocycles. The van der Waals surface area contributed by atoms with Gasteiger partial charge in [-0.15, -0.1) is 11.8 Å². The molecule has 0 saturated heterocycles. The molecule has 0 radical (unpaired) electrons. The second-order valence-corrected chi connectivity index (χ2v) is 7.96. The number of thioether (sulfide) groups is 1. The van der Waals surface area contributed by atoms with Gasteiger partial charge in [0.15, 0.2) is 0 Å². The van der Waals surface area contributed by atoms with Crippen LogP contribution >= 0.6 is 11.8 Å². The lowest BCUT2D eigenvalue weighted by Gasteiger charge is -2.19. The van der Waals surface area contributed by atoms with Crippen LogP contribution in [0.3, 0.4) is 0 Å². The molecule has 0 bridgehead atoms. The fraction of sp³-hybridized carbons (Fsp3) is 0.250. The summed E-state index contributed by atoms with van der Waals surface area (Å²) < 4.78 is 14.0. The summed E-state index contributed by atoms with van der Waals surface area (Å²) in [5.74, 6) is -1.22. The molecule has 0 fully saturated rings. The van der Waals surface area contributed by atoms with E-state index in [0.29, 0.717) is 6.42 Å². The number of nitrogens with zero attached hydrogens (tertiary/aromatic N) is 1. The standard InChI is InChI=1S/C24H24FNO3S/c1-15-21(11-12-26(16(2)27)29-17(3)28)24-14-19(25)7-10-22(24)23(15)13-18-5-8-20(30-4)9-6-18/h5-10,13-14H,11-12H2,1-4H3/b23-13-. The van der Waals surface area contributed by atoms with Crippen LogP contribution in [-0.2, 0) is 14.4 Å². The molecule has 0 atom stereocenters. The van der Waals surface area contributed by atoms with Crippen LogP contribution in [0.15, 0.2) is 52.9 Å². The van der Waals surface area contributed by atoms with E-state index in [9.17, 15) is 14.0 Å². The van der Waals surface area contributed by atoms with E-state index < -0.39 is 5.97 Å². The number of carbonyl (C=O) groups is 2. The summed E-state index contributed by atoms with van der Waals surface area (Å²) in [5, 5.41) is 1.05. The molecule has 1 amide bonds. The Morgan fingerprint density at radius 2 is 1.80 bits per heavy atom. The number of benzene rings is 2. The number of amides is 1. The lowest BCUT2D eigenvalue weighted by atomic mass is 10.0. The van der Waals surface area contributed by atoms with Crippen LogP contribution in [0, 0.1) is 5.82 Å². The summed E-state index contributed by atoms with van der Waals surface area (Å²) in [5.41, 5.74) is 5.82. The summed E-state index contributed by atoms with van der Waals surface area (Å²) in [6, 6.07) is 13.0. The molecule has 0 heterocycles. The van der Waals surface area contributed by atoms with Crippen molar-refractivity contribution in [2.75, 3.05) is 12.8 Å². The minimum absolute atomic E-state index is 0.202. The van der Waals surface area contributed by atoms with Crippen LogP contribution in [0.2, 0.25) is 0 Å². The van der Waals surface area contributed by atoms with Crippen molar-refractivity contribution in [1.82, 2.24) is 5.06 Å². The molecule has 1 aliphatic rings. The summed E-state index contributed by atoms with van der Waals surface area (Å²) in [6.45, 7) is 4.80. The number of hydroxylamine groups is 2. The van der Waals surface area contributed by atoms with Gasteiger partial charge in [0.1, 0.15) is 5.82 Å². The predicted octanol–water partition coefficient (Wildman–Crippen LogP) is 5.59. The van der Waals surface area contributed by atoms with E-state index in [1.165, 1.54) is 30.9 Å². The Bertz CT molecular complexity index is 1040. The summed E-state index contributed by atoms with van der Waals surface area (Å²) in [4.78, 5) is 29.2. The van der Waals surface area contributed by atoms with Crippen LogP contribution in [0.1, 0.15) is 43.9 Å². The van der Waals surface area contributed by atoms with Gasteiger partial charge in [0.2, 0.25) is 0 Å². The minimum Gasteiger partial charge on any atom is -0.338 e. The molecule has 4 nitrogen and oxygen atoms in total. The Labute approximate surface area is 180 Å². The van der Waals surface area contributed by atoms with Crippen LogP contribution in [-0.4, -0.2) is 29.7 Å². The van der Waals surface area contributed by atoms with E-state index in [0.717, 1.165) is 38.5 Å². The summed E-state index contributed by atoms with van der Waals surface area (Å²) in [6.07, 6.45) is 4.57. The van der Waals surface area contributed by atoms with Gasteiger partial charge in [-0.3, -0.25) is 9.59 Å². The minimum atomic E-state index is -0.553. The van der Waals surface area contributed by atoms with Crippen molar-refractivity contribution in [2.24, 2.45) is 0 Å². The second-order valence-electron chi connectivity index (χ2n) is 7.08. The normalized spacial score (nSPS) is 14.1. The fourth-order valence-electron chi connectivity index (χ4n) is 3.58. The molecule has 0 saturated carbocycles. The highest BCUT2D eigenvalue weighted by atomic mass is 32.2. The molecule has 3 rings (SSSR count). The molecular weight excluding hydrogens is 401 g/mol. The van der Waals surface area contributed by atoms with E-state index in [1.54, 1.807) is 17.8 Å². The monoisotopic (exact) mass is 425 g/mol. The van der Waals surface area contributed by atoms with Crippen molar-refractivity contribution in [1.29, 1.82) is 0 Å². The Balaban J connectivity index is 1.96. The van der Waals surface area contributed by atoms with Gasteiger partial charge in [0, 0.05) is 18.7 Å². The second kappa shape index (κ2) is 9.30. The quantitative estimate of drug-likeness (QED) is 0.463. The highest BCUT2D eigenvalue weighted by molar-refractivity contribution is 7.98. The molecule has 2 aromatic rings. The third kappa shape index (κ3) is 4.82. The highest BCUT2D eigenvalue weighted by Crippen LogP contribution is 2.44. The fourth-order valence-corrected chi connectivity index (χ4v) is 3.99. The lowest BCUT2D eigenvalue weighted by molar-refractivity contribution is -0.194. The van der Waals surface area contributed by atoms with Crippen molar-refractivity contribution in [3.05, 3.63) is 70.5 Å². The maximum absolute atomic E-state index is 14.0. The van der Waals surface area contributed by atoms with Gasteiger partial charge in [-0.05, 0) is 83.4 Å².